The molecule has 128 valence electrons. The first-order chi connectivity index (χ1) is 11.3. The third-order valence-corrected chi connectivity index (χ3v) is 4.54. The molecule has 2 aliphatic rings. The van der Waals surface area contributed by atoms with Crippen LogP contribution in [0.1, 0.15) is 12.0 Å². The Kier molecular flexibility index (Phi) is 4.47. The minimum atomic E-state index is -1.01. The Morgan fingerprint density at radius 3 is 2.83 bits per heavy atom. The van der Waals surface area contributed by atoms with Crippen LogP contribution < -0.4 is 5.32 Å². The number of carbonyl (C=O) groups excluding carboxylic acids is 3. The molecule has 2 N–H and O–H groups in total. The molecule has 3 rings (SSSR count). The molecule has 0 spiro atoms. The van der Waals surface area contributed by atoms with E-state index in [0.29, 0.717) is 24.4 Å². The number of hydrogen-bond donors (Lipinski definition) is 2. The number of rotatable bonds is 4. The van der Waals surface area contributed by atoms with Crippen molar-refractivity contribution in [3.63, 3.8) is 0 Å². The van der Waals surface area contributed by atoms with Crippen molar-refractivity contribution in [2.24, 2.45) is 0 Å². The van der Waals surface area contributed by atoms with Crippen molar-refractivity contribution < 1.29 is 19.5 Å². The van der Waals surface area contributed by atoms with Gasteiger partial charge in [0.2, 0.25) is 11.8 Å². The predicted octanol–water partition coefficient (Wildman–Crippen LogP) is 0.398. The van der Waals surface area contributed by atoms with Crippen LogP contribution in [0.15, 0.2) is 24.3 Å². The highest BCUT2D eigenvalue weighted by molar-refractivity contribution is 6.30. The molecule has 1 atom stereocenters. The molecule has 2 heterocycles. The van der Waals surface area contributed by atoms with E-state index < -0.39 is 17.5 Å². The van der Waals surface area contributed by atoms with Crippen LogP contribution in [0.25, 0.3) is 0 Å². The van der Waals surface area contributed by atoms with Crippen LogP contribution in [-0.2, 0) is 16.0 Å². The van der Waals surface area contributed by atoms with Gasteiger partial charge >= 0.3 is 6.03 Å². The van der Waals surface area contributed by atoms with Gasteiger partial charge in [-0.3, -0.25) is 14.9 Å². The van der Waals surface area contributed by atoms with Crippen molar-refractivity contribution in [1.82, 2.24) is 15.1 Å². The van der Waals surface area contributed by atoms with Gasteiger partial charge in [-0.15, -0.1) is 0 Å². The Hall–Kier alpha value is -2.12. The highest BCUT2D eigenvalue weighted by Crippen LogP contribution is 2.26. The number of β-amino-alcohol motifs (C(OH)–C–C–N with tert-alkyl or cyclic N) is 1. The lowest BCUT2D eigenvalue weighted by Gasteiger charge is -2.24. The maximum Gasteiger partial charge on any atom is 0.325 e. The monoisotopic (exact) mass is 351 g/mol. The Morgan fingerprint density at radius 2 is 2.17 bits per heavy atom. The number of urea groups is 1. The summed E-state index contributed by atoms with van der Waals surface area (Å²) in [5.41, 5.74) is -0.104. The summed E-state index contributed by atoms with van der Waals surface area (Å²) in [6.45, 7) is 0.344. The maximum atomic E-state index is 12.3. The van der Waals surface area contributed by atoms with Gasteiger partial charge in [0.1, 0.15) is 13.1 Å². The van der Waals surface area contributed by atoms with E-state index in [1.54, 1.807) is 12.1 Å². The standard InChI is InChI=1S/C16H18ClN3O4/c17-12-3-1-2-11(6-12)7-16(24)4-5-19(10-16)14(22)9-20-8-13(21)18-15(20)23/h1-3,6,24H,4-5,7-10H2,(H,18,21,23). The third-order valence-electron chi connectivity index (χ3n) is 4.30. The summed E-state index contributed by atoms with van der Waals surface area (Å²) in [4.78, 5) is 37.7. The van der Waals surface area contributed by atoms with Crippen LogP contribution >= 0.6 is 11.6 Å². The molecule has 7 nitrogen and oxygen atoms in total. The largest absolute Gasteiger partial charge is 0.388 e. The Morgan fingerprint density at radius 1 is 1.38 bits per heavy atom. The van der Waals surface area contributed by atoms with Gasteiger partial charge in [0.25, 0.3) is 0 Å². The molecule has 0 aliphatic carbocycles. The van der Waals surface area contributed by atoms with E-state index in [1.807, 2.05) is 12.1 Å². The van der Waals surface area contributed by atoms with Crippen LogP contribution in [-0.4, -0.2) is 64.5 Å². The molecule has 1 aromatic rings. The summed E-state index contributed by atoms with van der Waals surface area (Å²) in [5, 5.41) is 13.5. The number of benzene rings is 1. The van der Waals surface area contributed by atoms with E-state index in [2.05, 4.69) is 5.32 Å². The minimum absolute atomic E-state index is 0.106. The van der Waals surface area contributed by atoms with Crippen molar-refractivity contribution in [2.45, 2.75) is 18.4 Å². The smallest absolute Gasteiger partial charge is 0.325 e. The first-order valence-electron chi connectivity index (χ1n) is 7.68. The van der Waals surface area contributed by atoms with E-state index in [9.17, 15) is 19.5 Å². The number of nitrogens with one attached hydrogen (secondary N) is 1. The molecule has 0 bridgehead atoms. The van der Waals surface area contributed by atoms with Gasteiger partial charge in [-0.2, -0.15) is 0 Å². The Balaban J connectivity index is 1.58. The average molecular weight is 352 g/mol. The summed E-state index contributed by atoms with van der Waals surface area (Å²) in [7, 11) is 0. The lowest BCUT2D eigenvalue weighted by Crippen LogP contribution is -2.43. The molecular formula is C16H18ClN3O4. The van der Waals surface area contributed by atoms with E-state index in [0.717, 1.165) is 5.56 Å². The summed E-state index contributed by atoms with van der Waals surface area (Å²) in [6.07, 6.45) is 0.858. The number of imide groups is 1. The van der Waals surface area contributed by atoms with Gasteiger partial charge in [-0.05, 0) is 24.1 Å². The lowest BCUT2D eigenvalue weighted by molar-refractivity contribution is -0.131. The minimum Gasteiger partial charge on any atom is -0.388 e. The van der Waals surface area contributed by atoms with Gasteiger partial charge in [-0.1, -0.05) is 23.7 Å². The summed E-state index contributed by atoms with van der Waals surface area (Å²) < 4.78 is 0. The zero-order valence-electron chi connectivity index (χ0n) is 13.0. The number of hydrogen-bond acceptors (Lipinski definition) is 4. The molecule has 2 aliphatic heterocycles. The molecule has 2 fully saturated rings. The summed E-state index contributed by atoms with van der Waals surface area (Å²) in [6, 6.07) is 6.71. The molecule has 1 unspecified atom stereocenters. The van der Waals surface area contributed by atoms with Crippen LogP contribution in [0.4, 0.5) is 4.79 Å². The molecule has 2 saturated heterocycles. The molecule has 24 heavy (non-hydrogen) atoms. The third kappa shape index (κ3) is 3.68. The van der Waals surface area contributed by atoms with Crippen LogP contribution in [0.3, 0.4) is 0 Å². The first kappa shape index (κ1) is 16.7. The number of likely N-dealkylation sites (tertiary alicyclic amines) is 1. The van der Waals surface area contributed by atoms with Crippen LogP contribution in [0, 0.1) is 0 Å². The van der Waals surface area contributed by atoms with E-state index >= 15 is 0 Å². The quantitative estimate of drug-likeness (QED) is 0.768. The number of carbonyl (C=O) groups is 3. The molecule has 0 saturated carbocycles. The molecule has 0 radical (unpaired) electrons. The molecule has 4 amide bonds. The number of nitrogens with zero attached hydrogens (tertiary/aromatic N) is 2. The van der Waals surface area contributed by atoms with Crippen molar-refractivity contribution in [3.05, 3.63) is 34.9 Å². The molecule has 1 aromatic carbocycles. The number of halogens is 1. The second-order valence-corrected chi connectivity index (χ2v) is 6.74. The Labute approximate surface area is 144 Å². The van der Waals surface area contributed by atoms with E-state index in [-0.39, 0.29) is 25.5 Å². The Bertz CT molecular complexity index is 696. The van der Waals surface area contributed by atoms with Gasteiger partial charge in [0.15, 0.2) is 0 Å². The normalized spacial score (nSPS) is 23.8. The zero-order chi connectivity index (χ0) is 17.3. The SMILES string of the molecule is O=C1CN(CC(=O)N2CCC(O)(Cc3cccc(Cl)c3)C2)C(=O)N1. The first-order valence-corrected chi connectivity index (χ1v) is 8.06. The number of aliphatic hydroxyl groups is 1. The average Bonchev–Trinajstić information content (AvgIpc) is 3.02. The van der Waals surface area contributed by atoms with Gasteiger partial charge in [-0.25, -0.2) is 4.79 Å². The molecule has 0 aromatic heterocycles. The zero-order valence-corrected chi connectivity index (χ0v) is 13.8. The van der Waals surface area contributed by atoms with E-state index in [1.165, 1.54) is 9.80 Å². The molecule has 8 heteroatoms. The van der Waals surface area contributed by atoms with E-state index in [4.69, 9.17) is 11.6 Å². The van der Waals surface area contributed by atoms with Crippen LogP contribution in [0.2, 0.25) is 5.02 Å². The second-order valence-electron chi connectivity index (χ2n) is 6.31. The lowest BCUT2D eigenvalue weighted by atomic mass is 9.94. The second kappa shape index (κ2) is 6.41. The van der Waals surface area contributed by atoms with Crippen molar-refractivity contribution in [2.75, 3.05) is 26.2 Å². The highest BCUT2D eigenvalue weighted by atomic mass is 35.5. The van der Waals surface area contributed by atoms with Crippen molar-refractivity contribution in [1.29, 1.82) is 0 Å². The topological polar surface area (TPSA) is 90.0 Å². The van der Waals surface area contributed by atoms with Gasteiger partial charge in [0.05, 0.1) is 5.60 Å². The fourth-order valence-electron chi connectivity index (χ4n) is 3.11. The summed E-state index contributed by atoms with van der Waals surface area (Å²) >= 11 is 5.96. The van der Waals surface area contributed by atoms with Crippen molar-refractivity contribution >= 4 is 29.4 Å². The number of amides is 4. The fourth-order valence-corrected chi connectivity index (χ4v) is 3.33. The van der Waals surface area contributed by atoms with Gasteiger partial charge < -0.3 is 14.9 Å². The van der Waals surface area contributed by atoms with Crippen molar-refractivity contribution in [3.8, 4) is 0 Å². The summed E-state index contributed by atoms with van der Waals surface area (Å²) in [5.74, 6) is -0.687. The maximum absolute atomic E-state index is 12.3. The highest BCUT2D eigenvalue weighted by Gasteiger charge is 2.39. The van der Waals surface area contributed by atoms with Crippen LogP contribution in [0.5, 0.6) is 0 Å². The molecular weight excluding hydrogens is 334 g/mol. The van der Waals surface area contributed by atoms with Gasteiger partial charge in [0, 0.05) is 24.5 Å². The predicted molar refractivity (Wildman–Crippen MR) is 86.4 cm³/mol. The fraction of sp³-hybridized carbons (Fsp3) is 0.438.